The van der Waals surface area contributed by atoms with Crippen LogP contribution in [0.1, 0.15) is 36.8 Å². The molecular weight excluding hydrogens is 234 g/mol. The van der Waals surface area contributed by atoms with Crippen molar-refractivity contribution in [2.45, 2.75) is 45.6 Å². The number of anilines is 1. The molecule has 2 atom stereocenters. The molecule has 3 N–H and O–H groups in total. The molecule has 2 aliphatic carbocycles. The molecule has 3 nitrogen and oxygen atoms in total. The van der Waals surface area contributed by atoms with Gasteiger partial charge in [-0.1, -0.05) is 25.3 Å². The number of aliphatic imine (C=N–C) groups is 1. The lowest BCUT2D eigenvalue weighted by Crippen LogP contribution is -2.24. The van der Waals surface area contributed by atoms with Crippen LogP contribution in [0, 0.1) is 25.7 Å². The normalized spacial score (nSPS) is 26.9. The van der Waals surface area contributed by atoms with Gasteiger partial charge in [0.25, 0.3) is 0 Å². The van der Waals surface area contributed by atoms with Crippen molar-refractivity contribution in [3.8, 4) is 0 Å². The minimum Gasteiger partial charge on any atom is -0.370 e. The third-order valence-corrected chi connectivity index (χ3v) is 4.64. The zero-order valence-electron chi connectivity index (χ0n) is 11.8. The van der Waals surface area contributed by atoms with Gasteiger partial charge in [0, 0.05) is 5.69 Å². The van der Waals surface area contributed by atoms with Crippen LogP contribution < -0.4 is 11.1 Å². The Morgan fingerprint density at radius 2 is 2.05 bits per heavy atom. The van der Waals surface area contributed by atoms with Crippen LogP contribution in [0.2, 0.25) is 0 Å². The first-order valence-electron chi connectivity index (χ1n) is 7.31. The summed E-state index contributed by atoms with van der Waals surface area (Å²) in [5.41, 5.74) is 9.60. The van der Waals surface area contributed by atoms with Gasteiger partial charge in [-0.25, -0.2) is 4.99 Å². The fourth-order valence-electron chi connectivity index (χ4n) is 2.90. The molecule has 1 aromatic carbocycles. The number of benzene rings is 1. The quantitative estimate of drug-likeness (QED) is 0.645. The van der Waals surface area contributed by atoms with E-state index in [1.165, 1.54) is 36.8 Å². The van der Waals surface area contributed by atoms with Crippen LogP contribution in [0.5, 0.6) is 0 Å². The monoisotopic (exact) mass is 257 g/mol. The largest absolute Gasteiger partial charge is 0.370 e. The van der Waals surface area contributed by atoms with E-state index in [9.17, 15) is 0 Å². The SMILES string of the molecule is Cc1ccc(NC(N)=N[C@@H]2C[C@H]2C2CCC2)cc1C. The maximum Gasteiger partial charge on any atom is 0.193 e. The second kappa shape index (κ2) is 4.87. The van der Waals surface area contributed by atoms with E-state index in [0.717, 1.165) is 17.5 Å². The van der Waals surface area contributed by atoms with E-state index >= 15 is 0 Å². The van der Waals surface area contributed by atoms with Crippen LogP contribution in [-0.4, -0.2) is 12.0 Å². The molecule has 0 amide bonds. The Kier molecular flexibility index (Phi) is 3.21. The van der Waals surface area contributed by atoms with Crippen molar-refractivity contribution < 1.29 is 0 Å². The predicted octanol–water partition coefficient (Wildman–Crippen LogP) is 3.22. The number of hydrogen-bond donors (Lipinski definition) is 2. The Morgan fingerprint density at radius 3 is 2.68 bits per heavy atom. The number of nitrogens with one attached hydrogen (secondary N) is 1. The molecule has 0 saturated heterocycles. The highest BCUT2D eigenvalue weighted by atomic mass is 15.1. The second-order valence-electron chi connectivity index (χ2n) is 6.10. The van der Waals surface area contributed by atoms with Crippen LogP contribution in [0.3, 0.4) is 0 Å². The summed E-state index contributed by atoms with van der Waals surface area (Å²) in [5, 5.41) is 3.20. The lowest BCUT2D eigenvalue weighted by atomic mass is 9.81. The van der Waals surface area contributed by atoms with Gasteiger partial charge in [-0.05, 0) is 55.4 Å². The van der Waals surface area contributed by atoms with E-state index in [2.05, 4.69) is 42.4 Å². The van der Waals surface area contributed by atoms with E-state index in [-0.39, 0.29) is 0 Å². The average Bonchev–Trinajstić information content (AvgIpc) is 3.00. The molecule has 3 heteroatoms. The molecule has 2 saturated carbocycles. The zero-order valence-corrected chi connectivity index (χ0v) is 11.8. The fourth-order valence-corrected chi connectivity index (χ4v) is 2.90. The molecule has 0 bridgehead atoms. The summed E-state index contributed by atoms with van der Waals surface area (Å²) in [4.78, 5) is 4.60. The molecule has 102 valence electrons. The Bertz CT molecular complexity index is 503. The summed E-state index contributed by atoms with van der Waals surface area (Å²) in [6.07, 6.45) is 5.45. The van der Waals surface area contributed by atoms with Crippen molar-refractivity contribution in [2.24, 2.45) is 22.6 Å². The Hall–Kier alpha value is -1.51. The first-order chi connectivity index (χ1) is 9.13. The van der Waals surface area contributed by atoms with Crippen LogP contribution in [0.4, 0.5) is 5.69 Å². The summed E-state index contributed by atoms with van der Waals surface area (Å²) >= 11 is 0. The van der Waals surface area contributed by atoms with E-state index < -0.39 is 0 Å². The first kappa shape index (κ1) is 12.5. The fraction of sp³-hybridized carbons (Fsp3) is 0.562. The molecule has 0 spiro atoms. The van der Waals surface area contributed by atoms with Crippen LogP contribution >= 0.6 is 0 Å². The van der Waals surface area contributed by atoms with Gasteiger partial charge in [0.1, 0.15) is 0 Å². The molecular formula is C16H23N3. The lowest BCUT2D eigenvalue weighted by molar-refractivity contribution is 0.274. The Labute approximate surface area is 115 Å². The van der Waals surface area contributed by atoms with E-state index in [1.807, 2.05) is 0 Å². The van der Waals surface area contributed by atoms with E-state index in [1.54, 1.807) is 0 Å². The lowest BCUT2D eigenvalue weighted by Gasteiger charge is -2.25. The first-order valence-corrected chi connectivity index (χ1v) is 7.31. The summed E-state index contributed by atoms with van der Waals surface area (Å²) in [5.74, 6) is 2.31. The predicted molar refractivity (Wildman–Crippen MR) is 80.4 cm³/mol. The molecule has 0 aromatic heterocycles. The number of hydrogen-bond acceptors (Lipinski definition) is 1. The van der Waals surface area contributed by atoms with E-state index in [4.69, 9.17) is 5.73 Å². The number of aryl methyl sites for hydroxylation is 2. The van der Waals surface area contributed by atoms with Crippen molar-refractivity contribution in [3.63, 3.8) is 0 Å². The van der Waals surface area contributed by atoms with Crippen LogP contribution in [0.15, 0.2) is 23.2 Å². The van der Waals surface area contributed by atoms with Gasteiger partial charge in [0.15, 0.2) is 5.96 Å². The molecule has 0 unspecified atom stereocenters. The minimum atomic E-state index is 0.476. The molecule has 0 aliphatic heterocycles. The zero-order chi connectivity index (χ0) is 13.4. The van der Waals surface area contributed by atoms with Crippen LogP contribution in [-0.2, 0) is 0 Å². The third-order valence-electron chi connectivity index (χ3n) is 4.64. The molecule has 19 heavy (non-hydrogen) atoms. The Balaban J connectivity index is 1.58. The maximum atomic E-state index is 6.00. The van der Waals surface area contributed by atoms with Crippen molar-refractivity contribution in [2.75, 3.05) is 5.32 Å². The van der Waals surface area contributed by atoms with Crippen molar-refractivity contribution in [1.29, 1.82) is 0 Å². The van der Waals surface area contributed by atoms with Crippen LogP contribution in [0.25, 0.3) is 0 Å². The third kappa shape index (κ3) is 2.75. The number of guanidine groups is 1. The highest BCUT2D eigenvalue weighted by molar-refractivity contribution is 5.92. The van der Waals surface area contributed by atoms with Gasteiger partial charge in [-0.2, -0.15) is 0 Å². The molecule has 2 fully saturated rings. The maximum absolute atomic E-state index is 6.00. The van der Waals surface area contributed by atoms with Crippen molar-refractivity contribution in [3.05, 3.63) is 29.3 Å². The summed E-state index contributed by atoms with van der Waals surface area (Å²) in [7, 11) is 0. The topological polar surface area (TPSA) is 50.4 Å². The van der Waals surface area contributed by atoms with Gasteiger partial charge in [0.05, 0.1) is 6.04 Å². The second-order valence-corrected chi connectivity index (χ2v) is 6.10. The standard InChI is InChI=1S/C16H23N3/c1-10-6-7-13(8-11(10)2)18-16(17)19-15-9-14(15)12-4-3-5-12/h6-8,12,14-15H,3-5,9H2,1-2H3,(H3,17,18,19)/t14-,15+/m0/s1. The minimum absolute atomic E-state index is 0.476. The average molecular weight is 257 g/mol. The van der Waals surface area contributed by atoms with Gasteiger partial charge in [-0.15, -0.1) is 0 Å². The van der Waals surface area contributed by atoms with Crippen molar-refractivity contribution >= 4 is 11.6 Å². The Morgan fingerprint density at radius 1 is 1.26 bits per heavy atom. The van der Waals surface area contributed by atoms with Gasteiger partial charge >= 0.3 is 0 Å². The van der Waals surface area contributed by atoms with Gasteiger partial charge < -0.3 is 11.1 Å². The van der Waals surface area contributed by atoms with Gasteiger partial charge in [0.2, 0.25) is 0 Å². The summed E-state index contributed by atoms with van der Waals surface area (Å²) in [6.45, 7) is 4.23. The number of nitrogens with two attached hydrogens (primary N) is 1. The molecule has 0 heterocycles. The number of nitrogens with zero attached hydrogens (tertiary/aromatic N) is 1. The summed E-state index contributed by atoms with van der Waals surface area (Å²) in [6, 6.07) is 6.76. The highest BCUT2D eigenvalue weighted by Gasteiger charge is 2.45. The molecule has 1 aromatic rings. The highest BCUT2D eigenvalue weighted by Crippen LogP contribution is 2.48. The van der Waals surface area contributed by atoms with Crippen molar-refractivity contribution in [1.82, 2.24) is 0 Å². The molecule has 3 rings (SSSR count). The molecule has 0 radical (unpaired) electrons. The number of rotatable bonds is 3. The van der Waals surface area contributed by atoms with Gasteiger partial charge in [-0.3, -0.25) is 0 Å². The summed E-state index contributed by atoms with van der Waals surface area (Å²) < 4.78 is 0. The van der Waals surface area contributed by atoms with E-state index in [0.29, 0.717) is 12.0 Å². The molecule has 2 aliphatic rings. The smallest absolute Gasteiger partial charge is 0.193 e.